The van der Waals surface area contributed by atoms with Crippen LogP contribution in [0, 0.1) is 5.92 Å². The summed E-state index contributed by atoms with van der Waals surface area (Å²) in [6, 6.07) is 15.6. The Morgan fingerprint density at radius 1 is 1.00 bits per heavy atom. The van der Waals surface area contributed by atoms with Crippen molar-refractivity contribution >= 4 is 12.4 Å². The summed E-state index contributed by atoms with van der Waals surface area (Å²) in [4.78, 5) is 14.6. The molecule has 0 amide bonds. The number of hydrogen-bond donors (Lipinski definition) is 0. The first kappa shape index (κ1) is 17.9. The summed E-state index contributed by atoms with van der Waals surface area (Å²) in [6.45, 7) is 3.43. The van der Waals surface area contributed by atoms with Gasteiger partial charge in [-0.15, -0.1) is 17.5 Å². The van der Waals surface area contributed by atoms with Crippen LogP contribution in [0.3, 0.4) is 0 Å². The van der Waals surface area contributed by atoms with E-state index in [0.29, 0.717) is 18.4 Å². The number of para-hydroxylation sites is 1. The molecule has 2 aromatic heterocycles. The monoisotopic (exact) mass is 384 g/mol. The molecule has 3 aromatic rings. The Balaban J connectivity index is 0.00000180. The van der Waals surface area contributed by atoms with Gasteiger partial charge in [-0.3, -0.25) is 9.69 Å². The number of benzene rings is 1. The summed E-state index contributed by atoms with van der Waals surface area (Å²) < 4.78 is 3.77. The Morgan fingerprint density at radius 3 is 2.70 bits per heavy atom. The molecule has 0 N–H and O–H groups in total. The predicted octanol–water partition coefficient (Wildman–Crippen LogP) is 1.87. The van der Waals surface area contributed by atoms with Crippen LogP contribution in [0.25, 0.3) is 5.69 Å². The van der Waals surface area contributed by atoms with Crippen molar-refractivity contribution in [3.63, 3.8) is 0 Å². The van der Waals surface area contributed by atoms with Crippen LogP contribution in [0.15, 0.2) is 53.3 Å². The Kier molecular flexibility index (Phi) is 4.80. The molecule has 2 bridgehead atoms. The van der Waals surface area contributed by atoms with E-state index in [-0.39, 0.29) is 18.0 Å². The van der Waals surface area contributed by atoms with Crippen molar-refractivity contribution in [2.45, 2.75) is 25.4 Å². The average molecular weight is 385 g/mol. The molecule has 0 aliphatic carbocycles. The largest absolute Gasteiger partial charge is 0.312 e. The van der Waals surface area contributed by atoms with Crippen molar-refractivity contribution in [1.29, 1.82) is 0 Å². The van der Waals surface area contributed by atoms with Gasteiger partial charge in [0.2, 0.25) is 0 Å². The van der Waals surface area contributed by atoms with Gasteiger partial charge in [0.1, 0.15) is 0 Å². The van der Waals surface area contributed by atoms with E-state index in [1.54, 1.807) is 6.07 Å². The van der Waals surface area contributed by atoms with Crippen LogP contribution in [0.1, 0.15) is 23.9 Å². The molecule has 0 saturated carbocycles. The third-order valence-corrected chi connectivity index (χ3v) is 5.46. The van der Waals surface area contributed by atoms with E-state index in [9.17, 15) is 4.79 Å². The lowest BCUT2D eigenvalue weighted by molar-refractivity contribution is 0.111. The first-order valence-electron chi connectivity index (χ1n) is 9.03. The molecule has 8 heteroatoms. The minimum atomic E-state index is 0. The van der Waals surface area contributed by atoms with Gasteiger partial charge >= 0.3 is 0 Å². The van der Waals surface area contributed by atoms with E-state index in [2.05, 4.69) is 26.5 Å². The fourth-order valence-electron chi connectivity index (χ4n) is 4.40. The van der Waals surface area contributed by atoms with Crippen molar-refractivity contribution in [2.24, 2.45) is 5.92 Å². The third kappa shape index (κ3) is 3.28. The maximum absolute atomic E-state index is 12.2. The highest BCUT2D eigenvalue weighted by Crippen LogP contribution is 2.35. The Bertz CT molecular complexity index is 985. The fraction of sp³-hybridized carbons (Fsp3) is 0.368. The van der Waals surface area contributed by atoms with Crippen LogP contribution in [-0.2, 0) is 13.1 Å². The van der Waals surface area contributed by atoms with Crippen molar-refractivity contribution in [3.8, 4) is 5.69 Å². The van der Waals surface area contributed by atoms with Gasteiger partial charge in [-0.2, -0.15) is 4.68 Å². The summed E-state index contributed by atoms with van der Waals surface area (Å²) >= 11 is 0. The number of fused-ring (bicyclic) bond motifs is 4. The second kappa shape index (κ2) is 7.25. The minimum Gasteiger partial charge on any atom is -0.312 e. The molecule has 4 heterocycles. The van der Waals surface area contributed by atoms with Crippen molar-refractivity contribution in [2.75, 3.05) is 13.1 Å². The second-order valence-corrected chi connectivity index (χ2v) is 7.23. The van der Waals surface area contributed by atoms with Gasteiger partial charge in [0.15, 0.2) is 5.82 Å². The highest BCUT2D eigenvalue weighted by Gasteiger charge is 2.34. The number of aromatic nitrogens is 5. The van der Waals surface area contributed by atoms with Crippen molar-refractivity contribution in [3.05, 3.63) is 70.4 Å². The van der Waals surface area contributed by atoms with Gasteiger partial charge in [0, 0.05) is 37.3 Å². The van der Waals surface area contributed by atoms with E-state index in [4.69, 9.17) is 0 Å². The van der Waals surface area contributed by atoms with Gasteiger partial charge in [0.25, 0.3) is 5.56 Å². The number of likely N-dealkylation sites (tertiary alicyclic amines) is 1. The van der Waals surface area contributed by atoms with Gasteiger partial charge in [-0.1, -0.05) is 24.3 Å². The smallest absolute Gasteiger partial charge is 0.250 e. The summed E-state index contributed by atoms with van der Waals surface area (Å²) in [5.41, 5.74) is 2.27. The molecule has 1 saturated heterocycles. The molecular weight excluding hydrogens is 364 g/mol. The molecule has 5 rings (SSSR count). The lowest BCUT2D eigenvalue weighted by Gasteiger charge is -2.42. The molecule has 2 aliphatic rings. The molecule has 2 aliphatic heterocycles. The van der Waals surface area contributed by atoms with Crippen LogP contribution >= 0.6 is 12.4 Å². The quantitative estimate of drug-likeness (QED) is 0.689. The SMILES string of the molecule is Cl.O=c1cccc2n1C[C@@H]1C[C@H]2CN(Cc2nnnn2-c2ccccc2)C1. The lowest BCUT2D eigenvalue weighted by atomic mass is 9.83. The Hall–Kier alpha value is -2.51. The van der Waals surface area contributed by atoms with Crippen LogP contribution < -0.4 is 5.56 Å². The summed E-state index contributed by atoms with van der Waals surface area (Å²) in [7, 11) is 0. The Morgan fingerprint density at radius 2 is 1.85 bits per heavy atom. The van der Waals surface area contributed by atoms with E-state index < -0.39 is 0 Å². The summed E-state index contributed by atoms with van der Waals surface area (Å²) in [5.74, 6) is 1.75. The Labute approximate surface area is 163 Å². The van der Waals surface area contributed by atoms with Gasteiger partial charge < -0.3 is 4.57 Å². The van der Waals surface area contributed by atoms with Gasteiger partial charge in [-0.25, -0.2) is 0 Å². The highest BCUT2D eigenvalue weighted by atomic mass is 35.5. The van der Waals surface area contributed by atoms with E-state index >= 15 is 0 Å². The molecule has 0 spiro atoms. The molecule has 2 atom stereocenters. The number of nitrogens with zero attached hydrogens (tertiary/aromatic N) is 6. The van der Waals surface area contributed by atoms with E-state index in [0.717, 1.165) is 37.6 Å². The van der Waals surface area contributed by atoms with Crippen LogP contribution in [-0.4, -0.2) is 42.8 Å². The topological polar surface area (TPSA) is 68.8 Å². The summed E-state index contributed by atoms with van der Waals surface area (Å²) in [6.07, 6.45) is 1.16. The molecular formula is C19H21ClN6O. The third-order valence-electron chi connectivity index (χ3n) is 5.46. The molecule has 27 heavy (non-hydrogen) atoms. The average Bonchev–Trinajstić information content (AvgIpc) is 3.11. The number of halogens is 1. The molecule has 1 aromatic carbocycles. The van der Waals surface area contributed by atoms with E-state index in [1.165, 1.54) is 5.69 Å². The van der Waals surface area contributed by atoms with Crippen molar-refractivity contribution < 1.29 is 0 Å². The standard InChI is InChI=1S/C19H20N6O.ClH/c26-19-8-4-7-17-15-9-14(11-24(17)19)10-23(12-15)13-18-20-21-22-25(18)16-5-2-1-3-6-16;/h1-8,14-15H,9-13H2;1H/t14-,15+;/m1./s1. The zero-order valence-electron chi connectivity index (χ0n) is 14.8. The maximum Gasteiger partial charge on any atom is 0.250 e. The van der Waals surface area contributed by atoms with Gasteiger partial charge in [0.05, 0.1) is 12.2 Å². The summed E-state index contributed by atoms with van der Waals surface area (Å²) in [5, 5.41) is 12.3. The minimum absolute atomic E-state index is 0. The zero-order chi connectivity index (χ0) is 17.5. The molecule has 1 fully saturated rings. The zero-order valence-corrected chi connectivity index (χ0v) is 15.6. The number of piperidine rings is 1. The van der Waals surface area contributed by atoms with E-state index in [1.807, 2.05) is 45.6 Å². The maximum atomic E-state index is 12.2. The number of tetrazole rings is 1. The van der Waals surface area contributed by atoms with Crippen LogP contribution in [0.2, 0.25) is 0 Å². The molecule has 7 nitrogen and oxygen atoms in total. The molecule has 0 radical (unpaired) electrons. The second-order valence-electron chi connectivity index (χ2n) is 7.23. The highest BCUT2D eigenvalue weighted by molar-refractivity contribution is 5.85. The number of rotatable bonds is 3. The number of pyridine rings is 1. The predicted molar refractivity (Wildman–Crippen MR) is 103 cm³/mol. The first-order chi connectivity index (χ1) is 12.8. The fourth-order valence-corrected chi connectivity index (χ4v) is 4.40. The van der Waals surface area contributed by atoms with Crippen LogP contribution in [0.4, 0.5) is 0 Å². The van der Waals surface area contributed by atoms with Gasteiger partial charge in [-0.05, 0) is 41.0 Å². The molecule has 0 unspecified atom stereocenters. The molecule has 140 valence electrons. The normalized spacial score (nSPS) is 21.3. The lowest BCUT2D eigenvalue weighted by Crippen LogP contribution is -2.46. The first-order valence-corrected chi connectivity index (χ1v) is 9.03. The van der Waals surface area contributed by atoms with Crippen molar-refractivity contribution in [1.82, 2.24) is 29.7 Å². The number of hydrogen-bond acceptors (Lipinski definition) is 5. The van der Waals surface area contributed by atoms with Crippen LogP contribution in [0.5, 0.6) is 0 Å².